The molecule has 30 unspecified atom stereocenters. The minimum Gasteiger partial charge on any atom is -0.394 e. The molecule has 23 N–H and O–H groups in total. The van der Waals surface area contributed by atoms with Gasteiger partial charge in [-0.25, -0.2) is 0 Å². The van der Waals surface area contributed by atoms with E-state index in [1.807, 2.05) is 104 Å². The van der Waals surface area contributed by atoms with Crippen LogP contribution in [0.4, 0.5) is 0 Å². The van der Waals surface area contributed by atoms with E-state index < -0.39 is 246 Å². The Morgan fingerprint density at radius 3 is 0.800 bits per heavy atom. The second-order valence-corrected chi connectivity index (χ2v) is 51.7. The second kappa shape index (κ2) is 60.6. The molecule has 0 aromatic rings. The third-order valence-electron chi connectivity index (χ3n) is 19.8. The molecule has 5 aliphatic heterocycles. The van der Waals surface area contributed by atoms with Crippen molar-refractivity contribution >= 4 is 38.0 Å². The summed E-state index contributed by atoms with van der Waals surface area (Å²) in [7, 11) is -19.2. The molecule has 0 radical (unpaired) electrons. The molecular weight excluding hydrogens is 1900 g/mol. The predicted octanol–water partition coefficient (Wildman–Crippen LogP) is 1.52. The topological polar surface area (TPSA) is 720 Å². The van der Waals surface area contributed by atoms with Crippen LogP contribution in [0.1, 0.15) is 180 Å². The molecule has 0 aliphatic carbocycles. The molecule has 5 aliphatic rings. The summed E-state index contributed by atoms with van der Waals surface area (Å²) >= 11 is 0. The van der Waals surface area contributed by atoms with E-state index in [1.165, 1.54) is 27.7 Å². The highest BCUT2D eigenvalue weighted by molar-refractivity contribution is 7.55. The van der Waals surface area contributed by atoms with Crippen molar-refractivity contribution in [3.8, 4) is 0 Å². The first-order chi connectivity index (χ1) is 61.7. The molecule has 810 valence electrons. The highest BCUT2D eigenvalue weighted by Gasteiger charge is 2.53. The zero-order chi connectivity index (χ0) is 104. The number of rotatable bonds is 48. The Hall–Kier alpha value is -0.570. The highest BCUT2D eigenvalue weighted by Crippen LogP contribution is 2.55. The molecule has 30 atom stereocenters. The molecule has 5 saturated heterocycles. The van der Waals surface area contributed by atoms with E-state index in [0.717, 1.165) is 0 Å². The minimum absolute atomic E-state index is 0.0142. The summed E-state index contributed by atoms with van der Waals surface area (Å²) in [6.45, 7) is 45.3. The zero-order valence-electron chi connectivity index (χ0n) is 83.6. The van der Waals surface area contributed by atoms with E-state index in [9.17, 15) is 109 Å². The van der Waals surface area contributed by atoms with Crippen molar-refractivity contribution in [1.82, 2.24) is 0 Å². The summed E-state index contributed by atoms with van der Waals surface area (Å²) in [6, 6.07) is -2.83. The molecule has 0 aromatic heterocycles. The first-order valence-electron chi connectivity index (χ1n) is 45.1. The van der Waals surface area contributed by atoms with Gasteiger partial charge in [0.05, 0.1) is 213 Å². The van der Waals surface area contributed by atoms with Crippen LogP contribution >= 0.6 is 38.0 Å². The van der Waals surface area contributed by atoms with Gasteiger partial charge < -0.3 is 202 Å². The number of aliphatic hydroxyl groups excluding tert-OH is 12. The normalized spacial score (nSPS) is 31.9. The molecule has 135 heavy (non-hydrogen) atoms. The lowest BCUT2D eigenvalue weighted by Gasteiger charge is -2.43. The molecule has 0 bridgehead atoms. The van der Waals surface area contributed by atoms with Gasteiger partial charge in [-0.1, -0.05) is 55.4 Å². The van der Waals surface area contributed by atoms with Gasteiger partial charge in [0, 0.05) is 0 Å². The molecule has 48 nitrogen and oxygen atoms in total. The fraction of sp³-hybridized carbons (Fsp3) is 1.00. The Labute approximate surface area is 796 Å². The van der Waals surface area contributed by atoms with Crippen LogP contribution in [-0.2, 0) is 131 Å². The van der Waals surface area contributed by atoms with E-state index in [0.29, 0.717) is 19.8 Å². The summed E-state index contributed by atoms with van der Waals surface area (Å²) < 4.78 is 184. The Kier molecular flexibility index (Phi) is 59.5. The number of hydrogen-bond acceptors (Lipinski definition) is 43. The number of ether oxygens (including phenoxy) is 18. The van der Waals surface area contributed by atoms with Gasteiger partial charge in [0.1, 0.15) is 104 Å². The first kappa shape index (κ1) is 132. The van der Waals surface area contributed by atoms with Crippen LogP contribution in [0.15, 0.2) is 0 Å². The van der Waals surface area contributed by atoms with Crippen molar-refractivity contribution in [2.45, 2.75) is 389 Å². The summed E-state index contributed by atoms with van der Waals surface area (Å²) in [5.74, 6) is 0. The lowest BCUT2D eigenvalue weighted by molar-refractivity contribution is -0.309. The zero-order valence-corrected chi connectivity index (χ0v) is 88.1. The van der Waals surface area contributed by atoms with E-state index in [-0.39, 0.29) is 121 Å². The van der Waals surface area contributed by atoms with E-state index in [4.69, 9.17) is 125 Å². The molecule has 5 rings (SSSR count). The molecule has 5 heterocycles. The first-order valence-corrected chi connectivity index (χ1v) is 53.3. The van der Waals surface area contributed by atoms with Gasteiger partial charge in [0.2, 0.25) is 0 Å². The highest BCUT2D eigenvalue weighted by atomic mass is 31.2. The summed E-state index contributed by atoms with van der Waals surface area (Å²) in [4.78, 5) is 48.8. The van der Waals surface area contributed by atoms with Crippen molar-refractivity contribution in [1.29, 1.82) is 0 Å². The van der Waals surface area contributed by atoms with Crippen LogP contribution in [-0.4, -0.2) is 434 Å². The molecule has 5 fully saturated rings. The van der Waals surface area contributed by atoms with E-state index in [1.54, 1.807) is 48.5 Å². The SMILES string of the molecule is CC(C)(C)OCCOC1OC(COCCOP(=O)(O)C(C)(C)C)C(O)C(O)C1N.CC(C)P(=O)(O)OC1C(CO)OC(OCCOC(C)(C)C)C(N)C1O.CC(C)P(=O)(O)OC1C(CO)OC(OCCOC(C)(C)C)C(O)C1O.CC(C)P(=O)(O)OCCOC1C(CO)OC(OCCOC(C)(C)C)C(N)C1O.CC(C)P(=O)(O)OCCOC1C(CO)OC(OCCOC(C)(C)C)C(O)C1O. The van der Waals surface area contributed by atoms with Gasteiger partial charge >= 0.3 is 38.0 Å². The van der Waals surface area contributed by atoms with Crippen LogP contribution in [0, 0.1) is 0 Å². The Morgan fingerprint density at radius 2 is 0.511 bits per heavy atom. The molecule has 53 heteroatoms. The van der Waals surface area contributed by atoms with Crippen molar-refractivity contribution in [3.05, 3.63) is 0 Å². The largest absolute Gasteiger partial charge is 0.394 e. The fourth-order valence-electron chi connectivity index (χ4n) is 11.5. The third-order valence-corrected chi connectivity index (χ3v) is 29.5. The second-order valence-electron chi connectivity index (χ2n) is 39.5. The molecule has 0 amide bonds. The summed E-state index contributed by atoms with van der Waals surface area (Å²) in [5.41, 5.74) is 13.7. The lowest BCUT2D eigenvalue weighted by atomic mass is 9.97. The van der Waals surface area contributed by atoms with Crippen LogP contribution < -0.4 is 17.2 Å². The summed E-state index contributed by atoms with van der Waals surface area (Å²) in [5, 5.41) is 119. The Bertz CT molecular complexity index is 3270. The average molecular weight is 2080 g/mol. The maximum absolute atomic E-state index is 12.1. The van der Waals surface area contributed by atoms with Crippen molar-refractivity contribution in [2.75, 3.05) is 139 Å². The monoisotopic (exact) mass is 2070 g/mol. The predicted molar refractivity (Wildman–Crippen MR) is 489 cm³/mol. The van der Waals surface area contributed by atoms with E-state index >= 15 is 0 Å². The van der Waals surface area contributed by atoms with Gasteiger partial charge in [-0.2, -0.15) is 0 Å². The Balaban J connectivity index is 0.000000845. The maximum atomic E-state index is 12.1. The van der Waals surface area contributed by atoms with Crippen molar-refractivity contribution in [3.63, 3.8) is 0 Å². The summed E-state index contributed by atoms with van der Waals surface area (Å²) in [6.07, 6.45) is -25.5. The standard InChI is InChI=1S/C18H38NO9P.C17H36NO9P.C17H35O10P.C15H32NO8P.C15H31O9P/c1-17(2,3)26-9-8-25-16-13(19)15(21)14(20)12(28-16)11-24-7-10-27-29(22,23)18(4,5)6;1-11(2)28(21,22)26-9-7-23-15-12(10-19)27-16(13(18)14(15)20)24-6-8-25-17(3,4)5;1-11(2)28(21,22)26-9-7-23-15-12(10-18)27-16(14(20)13(15)19)24-6-8-25-17(3,4)5;1-9(2)25(19,20)24-13-10(8-17)23-14(11(16)12(13)18)21-6-7-22-15(3,4)5;1-9(2)25(19,20)24-13-10(8-16)23-14(12(18)11(13)17)21-6-7-22-15(3,4)5/h12-16,20-21H,7-11,19H2,1-6H3,(H,22,23);11-16,19-20H,6-10,18H2,1-5H3,(H,21,22);11-16,18-20H,6-10H2,1-5H3,(H,21,22);9-14,17-18H,6-8,16H2,1-5H3,(H,19,20);9-14,16-18H,6-8H2,1-5H3,(H,19,20). The van der Waals surface area contributed by atoms with Crippen molar-refractivity contribution < 1.29 is 216 Å². The average Bonchev–Trinajstić information content (AvgIpc) is 0.768. The number of nitrogens with two attached hydrogens (primary N) is 3. The van der Waals surface area contributed by atoms with Crippen LogP contribution in [0.25, 0.3) is 0 Å². The van der Waals surface area contributed by atoms with Gasteiger partial charge in [-0.05, 0) is 125 Å². The molecule has 0 aromatic carbocycles. The lowest BCUT2D eigenvalue weighted by Crippen LogP contribution is -2.63. The van der Waals surface area contributed by atoms with Crippen molar-refractivity contribution in [2.24, 2.45) is 17.2 Å². The van der Waals surface area contributed by atoms with Gasteiger partial charge in [0.25, 0.3) is 0 Å². The fourth-order valence-corrected chi connectivity index (χ4v) is 15.2. The smallest absolute Gasteiger partial charge is 0.333 e. The maximum Gasteiger partial charge on any atom is 0.333 e. The van der Waals surface area contributed by atoms with E-state index in [2.05, 4.69) is 0 Å². The minimum atomic E-state index is -4.03. The van der Waals surface area contributed by atoms with Gasteiger partial charge in [-0.3, -0.25) is 31.9 Å². The van der Waals surface area contributed by atoms with Crippen LogP contribution in [0.2, 0.25) is 0 Å². The molecule has 0 saturated carbocycles. The molecular formula is C82H172N3O45P5. The number of aliphatic hydroxyl groups is 12. The third kappa shape index (κ3) is 49.7. The van der Waals surface area contributed by atoms with Crippen LogP contribution in [0.5, 0.6) is 0 Å². The van der Waals surface area contributed by atoms with Gasteiger partial charge in [0.15, 0.2) is 31.5 Å². The molecule has 0 spiro atoms. The quantitative estimate of drug-likeness (QED) is 0.0303. The van der Waals surface area contributed by atoms with Crippen LogP contribution in [0.3, 0.4) is 0 Å². The van der Waals surface area contributed by atoms with Gasteiger partial charge in [-0.15, -0.1) is 0 Å². The number of hydrogen-bond donors (Lipinski definition) is 20. The Morgan fingerprint density at radius 1 is 0.274 bits per heavy atom.